The second kappa shape index (κ2) is 4.95. The number of nitrogens with one attached hydrogen (secondary N) is 1. The molecule has 1 saturated carbocycles. The van der Waals surface area contributed by atoms with Crippen LogP contribution in [0.2, 0.25) is 0 Å². The maximum absolute atomic E-state index is 13.1. The molecular weight excluding hydrogens is 231 g/mol. The minimum absolute atomic E-state index is 0.0796. The van der Waals surface area contributed by atoms with Gasteiger partial charge in [0.1, 0.15) is 11.6 Å². The van der Waals surface area contributed by atoms with Gasteiger partial charge in [-0.25, -0.2) is 4.39 Å². The van der Waals surface area contributed by atoms with Crippen LogP contribution in [-0.2, 0) is 0 Å². The van der Waals surface area contributed by atoms with Crippen molar-refractivity contribution in [1.82, 2.24) is 5.32 Å². The topological polar surface area (TPSA) is 56.0 Å². The first-order valence-corrected chi connectivity index (χ1v) is 6.19. The van der Waals surface area contributed by atoms with Crippen LogP contribution >= 0.6 is 0 Å². The Hall–Kier alpha value is -1.60. The van der Waals surface area contributed by atoms with Crippen molar-refractivity contribution in [3.63, 3.8) is 0 Å². The van der Waals surface area contributed by atoms with Crippen LogP contribution in [0, 0.1) is 22.6 Å². The van der Waals surface area contributed by atoms with Crippen LogP contribution in [-0.4, -0.2) is 11.7 Å². The van der Waals surface area contributed by atoms with Crippen molar-refractivity contribution >= 4 is 0 Å². The molecule has 2 N–H and O–H groups in total. The summed E-state index contributed by atoms with van der Waals surface area (Å²) in [5, 5.41) is 22.0. The van der Waals surface area contributed by atoms with Crippen LogP contribution < -0.4 is 5.32 Å². The van der Waals surface area contributed by atoms with E-state index in [1.54, 1.807) is 0 Å². The molecule has 18 heavy (non-hydrogen) atoms. The van der Waals surface area contributed by atoms with Gasteiger partial charge < -0.3 is 10.4 Å². The number of halogens is 1. The van der Waals surface area contributed by atoms with E-state index in [4.69, 9.17) is 5.26 Å². The first-order chi connectivity index (χ1) is 8.56. The normalized spacial score (nSPS) is 18.7. The zero-order valence-corrected chi connectivity index (χ0v) is 10.4. The summed E-state index contributed by atoms with van der Waals surface area (Å²) in [4.78, 5) is 0. The van der Waals surface area contributed by atoms with Crippen molar-refractivity contribution < 1.29 is 9.50 Å². The monoisotopic (exact) mass is 248 g/mol. The van der Waals surface area contributed by atoms with Crippen molar-refractivity contribution in [3.05, 3.63) is 29.6 Å². The van der Waals surface area contributed by atoms with Crippen molar-refractivity contribution in [3.8, 4) is 11.8 Å². The van der Waals surface area contributed by atoms with E-state index >= 15 is 0 Å². The second-order valence-electron chi connectivity index (χ2n) is 5.05. The number of phenols is 1. The highest BCUT2D eigenvalue weighted by atomic mass is 19.1. The second-order valence-corrected chi connectivity index (χ2v) is 5.05. The van der Waals surface area contributed by atoms with Crippen molar-refractivity contribution in [1.29, 1.82) is 5.26 Å². The standard InChI is InChI=1S/C14H17FN2O/c1-10(12-7-11(15)3-4-13(12)18)17-9-14(8-16)5-2-6-14/h3-4,7,10,17-18H,2,5-6,9H2,1H3. The molecule has 0 saturated heterocycles. The molecule has 96 valence electrons. The SMILES string of the molecule is CC(NCC1(C#N)CCC1)c1cc(F)ccc1O. The molecule has 1 fully saturated rings. The highest BCUT2D eigenvalue weighted by Gasteiger charge is 2.37. The summed E-state index contributed by atoms with van der Waals surface area (Å²) in [5.41, 5.74) is 0.263. The molecule has 1 aromatic carbocycles. The molecule has 2 rings (SSSR count). The predicted octanol–water partition coefficient (Wildman–Crippen LogP) is 2.88. The number of aromatic hydroxyl groups is 1. The molecule has 1 unspecified atom stereocenters. The number of nitriles is 1. The van der Waals surface area contributed by atoms with E-state index in [0.29, 0.717) is 12.1 Å². The fourth-order valence-corrected chi connectivity index (χ4v) is 2.26. The highest BCUT2D eigenvalue weighted by Crippen LogP contribution is 2.40. The zero-order valence-electron chi connectivity index (χ0n) is 10.4. The average molecular weight is 248 g/mol. The summed E-state index contributed by atoms with van der Waals surface area (Å²) in [6, 6.07) is 6.08. The van der Waals surface area contributed by atoms with Crippen LogP contribution in [0.15, 0.2) is 18.2 Å². The third-order valence-electron chi connectivity index (χ3n) is 3.75. The van der Waals surface area contributed by atoms with Gasteiger partial charge in [-0.15, -0.1) is 0 Å². The maximum Gasteiger partial charge on any atom is 0.123 e. The largest absolute Gasteiger partial charge is 0.508 e. The summed E-state index contributed by atoms with van der Waals surface area (Å²) in [6.45, 7) is 2.44. The fourth-order valence-electron chi connectivity index (χ4n) is 2.26. The lowest BCUT2D eigenvalue weighted by Gasteiger charge is -2.36. The lowest BCUT2D eigenvalue weighted by molar-refractivity contribution is 0.200. The molecule has 3 nitrogen and oxygen atoms in total. The summed E-state index contributed by atoms with van der Waals surface area (Å²) >= 11 is 0. The molecule has 0 aliphatic heterocycles. The fraction of sp³-hybridized carbons (Fsp3) is 0.500. The molecule has 0 radical (unpaired) electrons. The summed E-state index contributed by atoms with van der Waals surface area (Å²) in [6.07, 6.45) is 2.92. The third kappa shape index (κ3) is 2.46. The summed E-state index contributed by atoms with van der Waals surface area (Å²) in [5.74, 6) is -0.286. The number of hydrogen-bond acceptors (Lipinski definition) is 3. The molecule has 1 aliphatic carbocycles. The number of nitrogens with zero attached hydrogens (tertiary/aromatic N) is 1. The Morgan fingerprint density at radius 2 is 2.28 bits per heavy atom. The van der Waals surface area contributed by atoms with E-state index < -0.39 is 0 Å². The van der Waals surface area contributed by atoms with Gasteiger partial charge in [-0.1, -0.05) is 6.42 Å². The molecule has 0 amide bonds. The van der Waals surface area contributed by atoms with Gasteiger partial charge in [-0.3, -0.25) is 0 Å². The molecule has 0 spiro atoms. The Kier molecular flexibility index (Phi) is 3.53. The Labute approximate surface area is 106 Å². The molecule has 1 atom stereocenters. The molecule has 0 bridgehead atoms. The van der Waals surface area contributed by atoms with E-state index in [1.807, 2.05) is 6.92 Å². The average Bonchev–Trinajstić information content (AvgIpc) is 2.31. The van der Waals surface area contributed by atoms with Gasteiger partial charge in [-0.2, -0.15) is 5.26 Å². The zero-order chi connectivity index (χ0) is 13.2. The highest BCUT2D eigenvalue weighted by molar-refractivity contribution is 5.34. The van der Waals surface area contributed by atoms with E-state index in [9.17, 15) is 9.50 Å². The van der Waals surface area contributed by atoms with Gasteiger partial charge in [0.25, 0.3) is 0 Å². The van der Waals surface area contributed by atoms with Gasteiger partial charge in [0.15, 0.2) is 0 Å². The minimum atomic E-state index is -0.366. The first-order valence-electron chi connectivity index (χ1n) is 6.19. The molecule has 1 aromatic rings. The van der Waals surface area contributed by atoms with Gasteiger partial charge in [0.2, 0.25) is 0 Å². The smallest absolute Gasteiger partial charge is 0.123 e. The van der Waals surface area contributed by atoms with Crippen LogP contribution in [0.1, 0.15) is 37.8 Å². The summed E-state index contributed by atoms with van der Waals surface area (Å²) < 4.78 is 13.1. The van der Waals surface area contributed by atoms with E-state index in [2.05, 4.69) is 11.4 Å². The maximum atomic E-state index is 13.1. The molecule has 1 aliphatic rings. The minimum Gasteiger partial charge on any atom is -0.508 e. The van der Waals surface area contributed by atoms with Crippen LogP contribution in [0.4, 0.5) is 4.39 Å². The lowest BCUT2D eigenvalue weighted by Crippen LogP contribution is -2.39. The lowest BCUT2D eigenvalue weighted by atomic mass is 9.70. The molecule has 4 heteroatoms. The molecule has 0 aromatic heterocycles. The number of phenolic OH excluding ortho intramolecular Hbond substituents is 1. The first kappa shape index (κ1) is 12.8. The number of hydrogen-bond donors (Lipinski definition) is 2. The Balaban J connectivity index is 2.01. The van der Waals surface area contributed by atoms with Crippen molar-refractivity contribution in [2.75, 3.05) is 6.54 Å². The van der Waals surface area contributed by atoms with Gasteiger partial charge in [-0.05, 0) is 38.0 Å². The Bertz CT molecular complexity index is 477. The van der Waals surface area contributed by atoms with Crippen molar-refractivity contribution in [2.24, 2.45) is 5.41 Å². The molecular formula is C14H17FN2O. The van der Waals surface area contributed by atoms with Crippen LogP contribution in [0.5, 0.6) is 5.75 Å². The van der Waals surface area contributed by atoms with E-state index in [-0.39, 0.29) is 23.0 Å². The molecule has 0 heterocycles. The third-order valence-corrected chi connectivity index (χ3v) is 3.75. The van der Waals surface area contributed by atoms with E-state index in [1.165, 1.54) is 18.2 Å². The van der Waals surface area contributed by atoms with Crippen LogP contribution in [0.3, 0.4) is 0 Å². The van der Waals surface area contributed by atoms with Gasteiger partial charge in [0, 0.05) is 18.2 Å². The van der Waals surface area contributed by atoms with Crippen molar-refractivity contribution in [2.45, 2.75) is 32.2 Å². The summed E-state index contributed by atoms with van der Waals surface area (Å²) in [7, 11) is 0. The number of rotatable bonds is 4. The quantitative estimate of drug-likeness (QED) is 0.861. The Morgan fingerprint density at radius 1 is 1.56 bits per heavy atom. The van der Waals surface area contributed by atoms with Crippen LogP contribution in [0.25, 0.3) is 0 Å². The van der Waals surface area contributed by atoms with Gasteiger partial charge >= 0.3 is 0 Å². The number of benzene rings is 1. The van der Waals surface area contributed by atoms with E-state index in [0.717, 1.165) is 19.3 Å². The van der Waals surface area contributed by atoms with Gasteiger partial charge in [0.05, 0.1) is 11.5 Å². The predicted molar refractivity (Wildman–Crippen MR) is 66.4 cm³/mol. The Morgan fingerprint density at radius 3 is 2.83 bits per heavy atom.